The Bertz CT molecular complexity index is 681. The van der Waals surface area contributed by atoms with Crippen molar-refractivity contribution in [2.24, 2.45) is 11.7 Å². The molecule has 1 saturated heterocycles. The highest BCUT2D eigenvalue weighted by atomic mass is 16.1. The summed E-state index contributed by atoms with van der Waals surface area (Å²) in [4.78, 5) is 19.2. The van der Waals surface area contributed by atoms with Gasteiger partial charge in [0.05, 0.1) is 17.8 Å². The molecule has 0 saturated carbocycles. The van der Waals surface area contributed by atoms with Gasteiger partial charge in [-0.2, -0.15) is 0 Å². The Balaban J connectivity index is 1.60. The Morgan fingerprint density at radius 1 is 1.12 bits per heavy atom. The van der Waals surface area contributed by atoms with Crippen molar-refractivity contribution in [3.05, 3.63) is 54.2 Å². The number of anilines is 2. The molecule has 1 aliphatic heterocycles. The number of rotatable bonds is 5. The SMILES string of the molecule is CC(C(=O)Nc1ccc(N2CCCCC2)cn1)C(N)c1ccccc1. The molecule has 2 unspecified atom stereocenters. The van der Waals surface area contributed by atoms with E-state index < -0.39 is 0 Å². The van der Waals surface area contributed by atoms with Crippen LogP contribution in [0.4, 0.5) is 11.5 Å². The molecule has 1 aliphatic rings. The lowest BCUT2D eigenvalue weighted by Crippen LogP contribution is -2.31. The van der Waals surface area contributed by atoms with Crippen LogP contribution in [-0.2, 0) is 4.79 Å². The second kappa shape index (κ2) is 8.12. The zero-order valence-electron chi connectivity index (χ0n) is 14.7. The lowest BCUT2D eigenvalue weighted by molar-refractivity contribution is -0.120. The molecule has 5 heteroatoms. The minimum Gasteiger partial charge on any atom is -0.370 e. The number of carbonyl (C=O) groups excluding carboxylic acids is 1. The van der Waals surface area contributed by atoms with Crippen LogP contribution in [-0.4, -0.2) is 24.0 Å². The molecule has 25 heavy (non-hydrogen) atoms. The van der Waals surface area contributed by atoms with E-state index in [-0.39, 0.29) is 17.9 Å². The van der Waals surface area contributed by atoms with Crippen molar-refractivity contribution in [1.29, 1.82) is 0 Å². The maximum Gasteiger partial charge on any atom is 0.230 e. The quantitative estimate of drug-likeness (QED) is 0.877. The van der Waals surface area contributed by atoms with Gasteiger partial charge < -0.3 is 16.0 Å². The lowest BCUT2D eigenvalue weighted by atomic mass is 9.95. The van der Waals surface area contributed by atoms with Gasteiger partial charge in [-0.15, -0.1) is 0 Å². The molecular weight excluding hydrogens is 312 g/mol. The Kier molecular flexibility index (Phi) is 5.66. The molecule has 1 amide bonds. The highest BCUT2D eigenvalue weighted by molar-refractivity contribution is 5.92. The fourth-order valence-electron chi connectivity index (χ4n) is 3.17. The molecule has 132 valence electrons. The first kappa shape index (κ1) is 17.4. The van der Waals surface area contributed by atoms with Gasteiger partial charge in [0.1, 0.15) is 5.82 Å². The van der Waals surface area contributed by atoms with Gasteiger partial charge in [0, 0.05) is 19.1 Å². The van der Waals surface area contributed by atoms with Crippen LogP contribution in [0.3, 0.4) is 0 Å². The highest BCUT2D eigenvalue weighted by Crippen LogP contribution is 2.22. The summed E-state index contributed by atoms with van der Waals surface area (Å²) in [5, 5.41) is 2.87. The smallest absolute Gasteiger partial charge is 0.230 e. The van der Waals surface area contributed by atoms with Crippen molar-refractivity contribution in [1.82, 2.24) is 4.98 Å². The van der Waals surface area contributed by atoms with Gasteiger partial charge in [0.25, 0.3) is 0 Å². The summed E-state index contributed by atoms with van der Waals surface area (Å²) in [6.07, 6.45) is 5.60. The van der Waals surface area contributed by atoms with Crippen molar-refractivity contribution < 1.29 is 4.79 Å². The average Bonchev–Trinajstić information content (AvgIpc) is 2.68. The standard InChI is InChI=1S/C20H26N4O/c1-15(19(21)16-8-4-2-5-9-16)20(25)23-18-11-10-17(14-22-18)24-12-6-3-7-13-24/h2,4-5,8-11,14-15,19H,3,6-7,12-13,21H2,1H3,(H,22,23,25). The number of carbonyl (C=O) groups is 1. The van der Waals surface area contributed by atoms with E-state index in [0.717, 1.165) is 24.3 Å². The summed E-state index contributed by atoms with van der Waals surface area (Å²) in [5.41, 5.74) is 8.30. The third kappa shape index (κ3) is 4.37. The minimum atomic E-state index is -0.342. The van der Waals surface area contributed by atoms with E-state index in [1.165, 1.54) is 19.3 Å². The van der Waals surface area contributed by atoms with Crippen LogP contribution >= 0.6 is 0 Å². The maximum atomic E-state index is 12.5. The predicted octanol–water partition coefficient (Wildman–Crippen LogP) is 3.35. The van der Waals surface area contributed by atoms with Crippen LogP contribution in [0.2, 0.25) is 0 Å². The molecule has 2 atom stereocenters. The topological polar surface area (TPSA) is 71.2 Å². The van der Waals surface area contributed by atoms with Crippen molar-refractivity contribution in [2.75, 3.05) is 23.3 Å². The van der Waals surface area contributed by atoms with E-state index in [0.29, 0.717) is 5.82 Å². The first-order valence-electron chi connectivity index (χ1n) is 8.97. The number of amides is 1. The second-order valence-electron chi connectivity index (χ2n) is 6.66. The Morgan fingerprint density at radius 2 is 1.84 bits per heavy atom. The molecule has 0 aliphatic carbocycles. The molecule has 2 heterocycles. The average molecular weight is 338 g/mol. The van der Waals surface area contributed by atoms with Crippen LogP contribution in [0.1, 0.15) is 37.8 Å². The fraction of sp³-hybridized carbons (Fsp3) is 0.400. The Morgan fingerprint density at radius 3 is 2.48 bits per heavy atom. The summed E-state index contributed by atoms with van der Waals surface area (Å²) in [6.45, 7) is 4.00. The molecule has 1 aromatic carbocycles. The van der Waals surface area contributed by atoms with E-state index >= 15 is 0 Å². The van der Waals surface area contributed by atoms with Crippen molar-refractivity contribution in [3.8, 4) is 0 Å². The number of nitrogens with one attached hydrogen (secondary N) is 1. The third-order valence-corrected chi connectivity index (χ3v) is 4.86. The largest absolute Gasteiger partial charge is 0.370 e. The summed E-state index contributed by atoms with van der Waals surface area (Å²) in [5.74, 6) is 0.110. The van der Waals surface area contributed by atoms with Gasteiger partial charge >= 0.3 is 0 Å². The third-order valence-electron chi connectivity index (χ3n) is 4.86. The first-order valence-corrected chi connectivity index (χ1v) is 8.97. The molecule has 0 radical (unpaired) electrons. The van der Waals surface area contributed by atoms with Gasteiger partial charge in [-0.05, 0) is 37.0 Å². The molecule has 3 N–H and O–H groups in total. The number of nitrogens with two attached hydrogens (primary N) is 1. The monoisotopic (exact) mass is 338 g/mol. The zero-order valence-corrected chi connectivity index (χ0v) is 14.7. The number of aromatic nitrogens is 1. The molecule has 1 fully saturated rings. The van der Waals surface area contributed by atoms with Crippen molar-refractivity contribution >= 4 is 17.4 Å². The normalized spacial score (nSPS) is 17.0. The van der Waals surface area contributed by atoms with Crippen molar-refractivity contribution in [3.63, 3.8) is 0 Å². The molecule has 0 bridgehead atoms. The zero-order chi connectivity index (χ0) is 17.6. The lowest BCUT2D eigenvalue weighted by Gasteiger charge is -2.28. The minimum absolute atomic E-state index is 0.116. The number of hydrogen-bond acceptors (Lipinski definition) is 4. The molecular formula is C20H26N4O. The number of pyridine rings is 1. The molecule has 3 rings (SSSR count). The highest BCUT2D eigenvalue weighted by Gasteiger charge is 2.22. The van der Waals surface area contributed by atoms with Gasteiger partial charge in [0.15, 0.2) is 0 Å². The van der Waals surface area contributed by atoms with Gasteiger partial charge in [-0.1, -0.05) is 37.3 Å². The van der Waals surface area contributed by atoms with Crippen LogP contribution in [0.25, 0.3) is 0 Å². The van der Waals surface area contributed by atoms with E-state index in [9.17, 15) is 4.79 Å². The molecule has 5 nitrogen and oxygen atoms in total. The van der Waals surface area contributed by atoms with Crippen molar-refractivity contribution in [2.45, 2.75) is 32.2 Å². The molecule has 2 aromatic rings. The van der Waals surface area contributed by atoms with Crippen LogP contribution in [0.5, 0.6) is 0 Å². The van der Waals surface area contributed by atoms with E-state index in [4.69, 9.17) is 5.73 Å². The summed E-state index contributed by atoms with van der Waals surface area (Å²) < 4.78 is 0. The first-order chi connectivity index (χ1) is 12.1. The Hall–Kier alpha value is -2.40. The Labute approximate surface area is 149 Å². The summed E-state index contributed by atoms with van der Waals surface area (Å²) in [6, 6.07) is 13.2. The van der Waals surface area contributed by atoms with Gasteiger partial charge in [0.2, 0.25) is 5.91 Å². The van der Waals surface area contributed by atoms with E-state index in [2.05, 4.69) is 15.2 Å². The number of piperidine rings is 1. The number of nitrogens with zero attached hydrogens (tertiary/aromatic N) is 2. The molecule has 0 spiro atoms. The number of hydrogen-bond donors (Lipinski definition) is 2. The predicted molar refractivity (Wildman–Crippen MR) is 101 cm³/mol. The summed E-state index contributed by atoms with van der Waals surface area (Å²) >= 11 is 0. The van der Waals surface area contributed by atoms with Gasteiger partial charge in [-0.25, -0.2) is 4.98 Å². The molecule has 1 aromatic heterocycles. The fourth-order valence-corrected chi connectivity index (χ4v) is 3.17. The number of benzene rings is 1. The summed E-state index contributed by atoms with van der Waals surface area (Å²) in [7, 11) is 0. The second-order valence-corrected chi connectivity index (χ2v) is 6.66. The van der Waals surface area contributed by atoms with E-state index in [1.807, 2.05) is 55.6 Å². The van der Waals surface area contributed by atoms with E-state index in [1.54, 1.807) is 0 Å². The van der Waals surface area contributed by atoms with Crippen LogP contribution in [0, 0.1) is 5.92 Å². The maximum absolute atomic E-state index is 12.5. The van der Waals surface area contributed by atoms with Crippen LogP contribution < -0.4 is 16.0 Å². The van der Waals surface area contributed by atoms with Crippen LogP contribution in [0.15, 0.2) is 48.7 Å². The van der Waals surface area contributed by atoms with Gasteiger partial charge in [-0.3, -0.25) is 4.79 Å².